The maximum Gasteiger partial charge on any atom is 0.197 e. The van der Waals surface area contributed by atoms with E-state index in [4.69, 9.17) is 15.2 Å². The van der Waals surface area contributed by atoms with Crippen LogP contribution in [0.15, 0.2) is 0 Å². The van der Waals surface area contributed by atoms with E-state index in [0.29, 0.717) is 18.5 Å². The molecule has 5 nitrogen and oxygen atoms in total. The first-order valence-electron chi connectivity index (χ1n) is 5.92. The van der Waals surface area contributed by atoms with Crippen molar-refractivity contribution >= 4 is 22.4 Å². The average molecular weight is 257 g/mol. The number of hydrogen-bond donors (Lipinski definition) is 1. The quantitative estimate of drug-likeness (QED) is 0.890. The number of nitrogen functional groups attached to an aromatic ring is 1. The molecular formula is C11H19N3O2S. The van der Waals surface area contributed by atoms with E-state index >= 15 is 0 Å². The summed E-state index contributed by atoms with van der Waals surface area (Å²) in [6.45, 7) is 4.46. The molecule has 0 aromatic carbocycles. The van der Waals surface area contributed by atoms with Crippen molar-refractivity contribution in [2.75, 3.05) is 37.4 Å². The highest BCUT2D eigenvalue weighted by Crippen LogP contribution is 2.39. The second-order valence-corrected chi connectivity index (χ2v) is 4.83. The lowest BCUT2D eigenvalue weighted by Gasteiger charge is -2.32. The minimum Gasteiger partial charge on any atom is -0.487 e. The van der Waals surface area contributed by atoms with Crippen LogP contribution >= 0.6 is 11.5 Å². The number of nitrogens with zero attached hydrogens (tertiary/aromatic N) is 2. The summed E-state index contributed by atoms with van der Waals surface area (Å²) in [5.41, 5.74) is 5.82. The van der Waals surface area contributed by atoms with Crippen LogP contribution in [0, 0.1) is 0 Å². The molecule has 17 heavy (non-hydrogen) atoms. The number of methoxy groups -OCH3 is 1. The van der Waals surface area contributed by atoms with Crippen molar-refractivity contribution in [2.45, 2.75) is 25.9 Å². The molecular weight excluding hydrogens is 238 g/mol. The molecule has 96 valence electrons. The molecule has 0 aliphatic carbocycles. The van der Waals surface area contributed by atoms with Gasteiger partial charge in [-0.05, 0) is 31.3 Å². The van der Waals surface area contributed by atoms with Crippen molar-refractivity contribution in [3.05, 3.63) is 0 Å². The molecule has 2 N–H and O–H groups in total. The topological polar surface area (TPSA) is 60.6 Å². The molecule has 2 rings (SSSR count). The van der Waals surface area contributed by atoms with E-state index < -0.39 is 0 Å². The number of anilines is 2. The largest absolute Gasteiger partial charge is 0.487 e. The molecule has 0 saturated carbocycles. The zero-order valence-electron chi connectivity index (χ0n) is 10.3. The normalized spacial score (nSPS) is 20.6. The number of ether oxygens (including phenoxy) is 2. The fourth-order valence-corrected chi connectivity index (χ4v) is 2.88. The van der Waals surface area contributed by atoms with E-state index in [0.717, 1.165) is 36.7 Å². The van der Waals surface area contributed by atoms with Crippen LogP contribution in [0.4, 0.5) is 10.8 Å². The summed E-state index contributed by atoms with van der Waals surface area (Å²) in [7, 11) is 1.76. The highest BCUT2D eigenvalue weighted by Gasteiger charge is 2.25. The lowest BCUT2D eigenvalue weighted by Crippen LogP contribution is -2.39. The molecule has 1 fully saturated rings. The third-order valence-corrected chi connectivity index (χ3v) is 3.85. The number of rotatable bonds is 4. The van der Waals surface area contributed by atoms with Gasteiger partial charge in [-0.1, -0.05) is 0 Å². The Morgan fingerprint density at radius 1 is 1.59 bits per heavy atom. The molecule has 0 amide bonds. The van der Waals surface area contributed by atoms with Gasteiger partial charge in [0, 0.05) is 20.2 Å². The molecule has 0 radical (unpaired) electrons. The van der Waals surface area contributed by atoms with Crippen molar-refractivity contribution in [3.63, 3.8) is 0 Å². The number of nitrogens with two attached hydrogens (primary N) is 1. The minimum absolute atomic E-state index is 0.293. The van der Waals surface area contributed by atoms with Gasteiger partial charge in [-0.15, -0.1) is 0 Å². The summed E-state index contributed by atoms with van der Waals surface area (Å²) < 4.78 is 15.2. The van der Waals surface area contributed by atoms with Crippen LogP contribution in [0.5, 0.6) is 5.75 Å². The summed E-state index contributed by atoms with van der Waals surface area (Å²) in [5.74, 6) is 1.22. The van der Waals surface area contributed by atoms with Gasteiger partial charge in [-0.25, -0.2) is 0 Å². The number of hydrogen-bond acceptors (Lipinski definition) is 6. The average Bonchev–Trinajstić information content (AvgIpc) is 2.72. The molecule has 1 unspecified atom stereocenters. The molecule has 1 aliphatic rings. The van der Waals surface area contributed by atoms with E-state index in [2.05, 4.69) is 9.27 Å². The predicted octanol–water partition coefficient (Wildman–Crippen LogP) is 1.74. The molecule has 1 aromatic heterocycles. The Balaban J connectivity index is 2.15. The second-order valence-electron chi connectivity index (χ2n) is 4.08. The Bertz CT molecular complexity index is 370. The van der Waals surface area contributed by atoms with E-state index in [1.807, 2.05) is 6.92 Å². The first kappa shape index (κ1) is 12.4. The Morgan fingerprint density at radius 3 is 3.12 bits per heavy atom. The maximum absolute atomic E-state index is 5.82. The standard InChI is InChI=1S/C11H19N3O2S/c1-3-16-9-10(12)13-17-11(9)14-6-4-5-8(7-14)15-2/h8H,3-7H2,1-2H3,(H2,12,13). The Kier molecular flexibility index (Phi) is 4.06. The van der Waals surface area contributed by atoms with Gasteiger partial charge in [0.25, 0.3) is 0 Å². The fraction of sp³-hybridized carbons (Fsp3) is 0.727. The molecule has 1 saturated heterocycles. The van der Waals surface area contributed by atoms with E-state index in [9.17, 15) is 0 Å². The van der Waals surface area contributed by atoms with Gasteiger partial charge in [-0.2, -0.15) is 4.37 Å². The smallest absolute Gasteiger partial charge is 0.197 e. The third kappa shape index (κ3) is 2.63. The lowest BCUT2D eigenvalue weighted by atomic mass is 10.1. The van der Waals surface area contributed by atoms with Gasteiger partial charge >= 0.3 is 0 Å². The van der Waals surface area contributed by atoms with E-state index in [1.54, 1.807) is 7.11 Å². The van der Waals surface area contributed by atoms with Gasteiger partial charge in [-0.3, -0.25) is 0 Å². The van der Waals surface area contributed by atoms with Crippen LogP contribution in [-0.4, -0.2) is 37.3 Å². The molecule has 0 bridgehead atoms. The van der Waals surface area contributed by atoms with E-state index in [-0.39, 0.29) is 0 Å². The van der Waals surface area contributed by atoms with Gasteiger partial charge in [0.2, 0.25) is 0 Å². The summed E-state index contributed by atoms with van der Waals surface area (Å²) in [4.78, 5) is 2.26. The highest BCUT2D eigenvalue weighted by molar-refractivity contribution is 7.11. The summed E-state index contributed by atoms with van der Waals surface area (Å²) in [6, 6.07) is 0. The number of piperidine rings is 1. The molecule has 0 spiro atoms. The summed E-state index contributed by atoms with van der Waals surface area (Å²) >= 11 is 1.41. The Labute approximate surface area is 106 Å². The SMILES string of the molecule is CCOc1c(N)nsc1N1CCCC(OC)C1. The van der Waals surface area contributed by atoms with Gasteiger partial charge in [0.05, 0.1) is 12.7 Å². The summed E-state index contributed by atoms with van der Waals surface area (Å²) in [5, 5.41) is 1.03. The first-order chi connectivity index (χ1) is 8.26. The Hall–Kier alpha value is -1.01. The third-order valence-electron chi connectivity index (χ3n) is 2.94. The van der Waals surface area contributed by atoms with Crippen molar-refractivity contribution in [3.8, 4) is 5.75 Å². The van der Waals surface area contributed by atoms with Crippen LogP contribution in [0.25, 0.3) is 0 Å². The van der Waals surface area contributed by atoms with Crippen molar-refractivity contribution in [1.82, 2.24) is 4.37 Å². The Morgan fingerprint density at radius 2 is 2.41 bits per heavy atom. The van der Waals surface area contributed by atoms with Gasteiger partial charge in [0.15, 0.2) is 16.6 Å². The fourth-order valence-electron chi connectivity index (χ4n) is 2.08. The maximum atomic E-state index is 5.82. The van der Waals surface area contributed by atoms with Crippen LogP contribution in [0.3, 0.4) is 0 Å². The van der Waals surface area contributed by atoms with Gasteiger partial charge in [0.1, 0.15) is 0 Å². The molecule has 1 aliphatic heterocycles. The lowest BCUT2D eigenvalue weighted by molar-refractivity contribution is 0.0894. The van der Waals surface area contributed by atoms with Crippen molar-refractivity contribution in [1.29, 1.82) is 0 Å². The predicted molar refractivity (Wildman–Crippen MR) is 69.9 cm³/mol. The van der Waals surface area contributed by atoms with Crippen LogP contribution in [0.1, 0.15) is 19.8 Å². The van der Waals surface area contributed by atoms with Crippen molar-refractivity contribution < 1.29 is 9.47 Å². The van der Waals surface area contributed by atoms with Gasteiger partial charge < -0.3 is 20.1 Å². The second kappa shape index (κ2) is 5.55. The monoisotopic (exact) mass is 257 g/mol. The van der Waals surface area contributed by atoms with Crippen molar-refractivity contribution in [2.24, 2.45) is 0 Å². The molecule has 2 heterocycles. The minimum atomic E-state index is 0.293. The van der Waals surface area contributed by atoms with Crippen LogP contribution < -0.4 is 15.4 Å². The molecule has 6 heteroatoms. The summed E-state index contributed by atoms with van der Waals surface area (Å²) in [6.07, 6.45) is 2.54. The molecule has 1 aromatic rings. The van der Waals surface area contributed by atoms with Crippen LogP contribution in [0.2, 0.25) is 0 Å². The zero-order chi connectivity index (χ0) is 12.3. The highest BCUT2D eigenvalue weighted by atomic mass is 32.1. The van der Waals surface area contributed by atoms with E-state index in [1.165, 1.54) is 11.5 Å². The molecule has 1 atom stereocenters. The first-order valence-corrected chi connectivity index (χ1v) is 6.69. The van der Waals surface area contributed by atoms with Crippen LogP contribution in [-0.2, 0) is 4.74 Å². The number of aromatic nitrogens is 1. The zero-order valence-corrected chi connectivity index (χ0v) is 11.1.